The molecule has 0 saturated carbocycles. The molecule has 0 fully saturated rings. The molecule has 81 valence electrons. The molecule has 0 spiro atoms. The maximum absolute atomic E-state index is 5.82. The average molecular weight is 204 g/mol. The predicted octanol–water partition coefficient (Wildman–Crippen LogP) is 3.23. The Labute approximate surface area is 91.6 Å². The van der Waals surface area contributed by atoms with Gasteiger partial charge in [-0.3, -0.25) is 0 Å². The van der Waals surface area contributed by atoms with Gasteiger partial charge in [-0.15, -0.1) is 0 Å². The number of rotatable bonds is 1. The summed E-state index contributed by atoms with van der Waals surface area (Å²) in [6.07, 6.45) is 3.34. The zero-order valence-corrected chi connectivity index (χ0v) is 9.63. The third kappa shape index (κ3) is 2.65. The molecule has 0 saturated heterocycles. The molecule has 1 aromatic carbocycles. The maximum atomic E-state index is 5.82. The van der Waals surface area contributed by atoms with E-state index < -0.39 is 0 Å². The Hall–Kier alpha value is -1.18. The van der Waals surface area contributed by atoms with Crippen molar-refractivity contribution in [1.29, 1.82) is 0 Å². The SMILES string of the molecule is CC(C)(C)Oc1ccc2c(c1)[CH]CCN2. The van der Waals surface area contributed by atoms with E-state index in [4.69, 9.17) is 4.74 Å². The molecule has 0 atom stereocenters. The number of hydrogen-bond donors (Lipinski definition) is 1. The van der Waals surface area contributed by atoms with E-state index in [1.54, 1.807) is 0 Å². The van der Waals surface area contributed by atoms with Crippen LogP contribution in [0, 0.1) is 6.42 Å². The minimum atomic E-state index is -0.129. The van der Waals surface area contributed by atoms with Crippen LogP contribution < -0.4 is 10.1 Å². The molecule has 1 heterocycles. The van der Waals surface area contributed by atoms with Crippen LogP contribution in [0.1, 0.15) is 32.8 Å². The lowest BCUT2D eigenvalue weighted by Gasteiger charge is -2.23. The Bertz CT molecular complexity index is 352. The van der Waals surface area contributed by atoms with Crippen LogP contribution in [0.15, 0.2) is 18.2 Å². The molecule has 15 heavy (non-hydrogen) atoms. The molecule has 0 amide bonds. The summed E-state index contributed by atoms with van der Waals surface area (Å²) in [5.74, 6) is 0.946. The molecule has 1 aromatic rings. The number of hydrogen-bond acceptors (Lipinski definition) is 2. The Balaban J connectivity index is 2.21. The summed E-state index contributed by atoms with van der Waals surface area (Å²) in [5.41, 5.74) is 2.33. The zero-order valence-electron chi connectivity index (χ0n) is 9.63. The van der Waals surface area contributed by atoms with Crippen LogP contribution in [-0.2, 0) is 0 Å². The van der Waals surface area contributed by atoms with Crippen molar-refractivity contribution in [3.05, 3.63) is 30.2 Å². The normalized spacial score (nSPS) is 15.4. The molecule has 0 aromatic heterocycles. The number of ether oxygens (including phenoxy) is 1. The number of nitrogens with one attached hydrogen (secondary N) is 1. The highest BCUT2D eigenvalue weighted by molar-refractivity contribution is 5.59. The van der Waals surface area contributed by atoms with E-state index in [0.29, 0.717) is 0 Å². The lowest BCUT2D eigenvalue weighted by molar-refractivity contribution is 0.131. The van der Waals surface area contributed by atoms with Crippen LogP contribution in [0.25, 0.3) is 0 Å². The fraction of sp³-hybridized carbons (Fsp3) is 0.462. The summed E-state index contributed by atoms with van der Waals surface area (Å²) in [4.78, 5) is 0. The van der Waals surface area contributed by atoms with Crippen molar-refractivity contribution >= 4 is 5.69 Å². The minimum absolute atomic E-state index is 0.129. The zero-order chi connectivity index (χ0) is 10.9. The standard InChI is InChI=1S/C13H18NO/c1-13(2,3)15-11-6-7-12-10(9-11)5-4-8-14-12/h5-7,9,14H,4,8H2,1-3H3. The molecule has 0 aliphatic carbocycles. The van der Waals surface area contributed by atoms with E-state index in [2.05, 4.69) is 44.6 Å². The second kappa shape index (κ2) is 3.76. The first kappa shape index (κ1) is 10.3. The van der Waals surface area contributed by atoms with E-state index in [0.717, 1.165) is 18.7 Å². The smallest absolute Gasteiger partial charge is 0.120 e. The van der Waals surface area contributed by atoms with Crippen LogP contribution in [0.3, 0.4) is 0 Å². The van der Waals surface area contributed by atoms with E-state index in [1.165, 1.54) is 11.3 Å². The van der Waals surface area contributed by atoms with E-state index in [1.807, 2.05) is 6.07 Å². The molecule has 1 radical (unpaired) electrons. The highest BCUT2D eigenvalue weighted by Crippen LogP contribution is 2.28. The van der Waals surface area contributed by atoms with Crippen molar-refractivity contribution in [3.8, 4) is 5.75 Å². The van der Waals surface area contributed by atoms with Gasteiger partial charge in [0.15, 0.2) is 0 Å². The second-order valence-electron chi connectivity index (χ2n) is 4.88. The monoisotopic (exact) mass is 204 g/mol. The lowest BCUT2D eigenvalue weighted by Crippen LogP contribution is -2.23. The summed E-state index contributed by atoms with van der Waals surface area (Å²) in [5, 5.41) is 3.37. The van der Waals surface area contributed by atoms with Crippen LogP contribution in [0.5, 0.6) is 5.75 Å². The third-order valence-electron chi connectivity index (χ3n) is 2.27. The fourth-order valence-corrected chi connectivity index (χ4v) is 1.72. The van der Waals surface area contributed by atoms with Gasteiger partial charge in [-0.05, 0) is 57.4 Å². The van der Waals surface area contributed by atoms with Gasteiger partial charge in [-0.2, -0.15) is 0 Å². The largest absolute Gasteiger partial charge is 0.488 e. The summed E-state index contributed by atoms with van der Waals surface area (Å²) in [7, 11) is 0. The van der Waals surface area contributed by atoms with Gasteiger partial charge in [0.2, 0.25) is 0 Å². The van der Waals surface area contributed by atoms with Gasteiger partial charge < -0.3 is 10.1 Å². The Morgan fingerprint density at radius 3 is 2.80 bits per heavy atom. The Morgan fingerprint density at radius 2 is 2.07 bits per heavy atom. The molecule has 2 rings (SSSR count). The molecule has 2 nitrogen and oxygen atoms in total. The first-order valence-corrected chi connectivity index (χ1v) is 5.45. The van der Waals surface area contributed by atoms with Crippen molar-refractivity contribution in [2.45, 2.75) is 32.8 Å². The van der Waals surface area contributed by atoms with E-state index >= 15 is 0 Å². The number of anilines is 1. The summed E-state index contributed by atoms with van der Waals surface area (Å²) >= 11 is 0. The van der Waals surface area contributed by atoms with Gasteiger partial charge in [0.1, 0.15) is 11.4 Å². The van der Waals surface area contributed by atoms with E-state index in [-0.39, 0.29) is 5.60 Å². The molecule has 1 aliphatic heterocycles. The lowest BCUT2D eigenvalue weighted by atomic mass is 10.0. The van der Waals surface area contributed by atoms with E-state index in [9.17, 15) is 0 Å². The van der Waals surface area contributed by atoms with Crippen molar-refractivity contribution in [1.82, 2.24) is 0 Å². The number of fused-ring (bicyclic) bond motifs is 1. The van der Waals surface area contributed by atoms with Crippen LogP contribution in [0.2, 0.25) is 0 Å². The summed E-state index contributed by atoms with van der Waals surface area (Å²) in [6, 6.07) is 6.22. The molecule has 1 N–H and O–H groups in total. The van der Waals surface area contributed by atoms with Gasteiger partial charge in [0.05, 0.1) is 0 Å². The van der Waals surface area contributed by atoms with Crippen LogP contribution >= 0.6 is 0 Å². The first-order chi connectivity index (χ1) is 7.04. The van der Waals surface area contributed by atoms with Gasteiger partial charge in [-0.1, -0.05) is 0 Å². The van der Waals surface area contributed by atoms with Gasteiger partial charge >= 0.3 is 0 Å². The van der Waals surface area contributed by atoms with Crippen molar-refractivity contribution in [2.24, 2.45) is 0 Å². The Kier molecular flexibility index (Phi) is 2.59. The average Bonchev–Trinajstić information content (AvgIpc) is 2.15. The van der Waals surface area contributed by atoms with Crippen LogP contribution in [0.4, 0.5) is 5.69 Å². The molecular formula is C13H18NO. The topological polar surface area (TPSA) is 21.3 Å². The van der Waals surface area contributed by atoms with Crippen molar-refractivity contribution in [2.75, 3.05) is 11.9 Å². The van der Waals surface area contributed by atoms with Crippen molar-refractivity contribution < 1.29 is 4.74 Å². The van der Waals surface area contributed by atoms with Gasteiger partial charge in [-0.25, -0.2) is 0 Å². The quantitative estimate of drug-likeness (QED) is 0.758. The van der Waals surface area contributed by atoms with Gasteiger partial charge in [0, 0.05) is 12.2 Å². The highest BCUT2D eigenvalue weighted by atomic mass is 16.5. The minimum Gasteiger partial charge on any atom is -0.488 e. The fourth-order valence-electron chi connectivity index (χ4n) is 1.72. The molecule has 0 bridgehead atoms. The van der Waals surface area contributed by atoms with Gasteiger partial charge in [0.25, 0.3) is 0 Å². The molecule has 2 heteroatoms. The molecule has 0 unspecified atom stereocenters. The first-order valence-electron chi connectivity index (χ1n) is 5.45. The van der Waals surface area contributed by atoms with Crippen LogP contribution in [-0.4, -0.2) is 12.1 Å². The summed E-state index contributed by atoms with van der Waals surface area (Å²) < 4.78 is 5.82. The van der Waals surface area contributed by atoms with Crippen molar-refractivity contribution in [3.63, 3.8) is 0 Å². The number of benzene rings is 1. The predicted molar refractivity (Wildman–Crippen MR) is 63.3 cm³/mol. The second-order valence-corrected chi connectivity index (χ2v) is 4.88. The molecular weight excluding hydrogens is 186 g/mol. The third-order valence-corrected chi connectivity index (χ3v) is 2.27. The molecule has 1 aliphatic rings. The maximum Gasteiger partial charge on any atom is 0.120 e. The highest BCUT2D eigenvalue weighted by Gasteiger charge is 2.14. The summed E-state index contributed by atoms with van der Waals surface area (Å²) in [6.45, 7) is 7.23. The Morgan fingerprint density at radius 1 is 1.27 bits per heavy atom.